The van der Waals surface area contributed by atoms with E-state index in [1.165, 1.54) is 4.88 Å². The summed E-state index contributed by atoms with van der Waals surface area (Å²) < 4.78 is 5.27. The van der Waals surface area contributed by atoms with Crippen LogP contribution in [0.3, 0.4) is 0 Å². The van der Waals surface area contributed by atoms with Gasteiger partial charge in [0, 0.05) is 10.4 Å². The summed E-state index contributed by atoms with van der Waals surface area (Å²) in [6.07, 6.45) is 4.59. The Morgan fingerprint density at radius 3 is 3.15 bits per heavy atom. The second-order valence-corrected chi connectivity index (χ2v) is 7.64. The van der Waals surface area contributed by atoms with Gasteiger partial charge in [-0.2, -0.15) is 5.10 Å². The van der Waals surface area contributed by atoms with Crippen molar-refractivity contribution in [2.75, 3.05) is 7.11 Å². The van der Waals surface area contributed by atoms with E-state index in [1.807, 2.05) is 31.2 Å². The molecule has 1 amide bonds. The monoisotopic (exact) mass is 368 g/mol. The number of aromatic amines is 1. The first-order valence-electron chi connectivity index (χ1n) is 8.60. The van der Waals surface area contributed by atoms with Crippen LogP contribution in [0.2, 0.25) is 0 Å². The van der Waals surface area contributed by atoms with Gasteiger partial charge in [-0.05, 0) is 38.3 Å². The Balaban J connectivity index is 1.60. The number of carbonyl (C=O) groups excluding carboxylic acids is 1. The molecular weight excluding hydrogens is 348 g/mol. The number of benzene rings is 1. The molecule has 2 aromatic heterocycles. The molecular formula is C19H20N4O2S. The van der Waals surface area contributed by atoms with E-state index in [1.54, 1.807) is 24.6 Å². The average Bonchev–Trinajstić information content (AvgIpc) is 3.28. The van der Waals surface area contributed by atoms with E-state index in [2.05, 4.69) is 20.5 Å². The fourth-order valence-electron chi connectivity index (χ4n) is 3.37. The molecule has 0 unspecified atom stereocenters. The molecule has 0 aliphatic heterocycles. The zero-order chi connectivity index (χ0) is 18.1. The number of nitrogens with zero attached hydrogens (tertiary/aromatic N) is 2. The van der Waals surface area contributed by atoms with Crippen LogP contribution in [0.15, 0.2) is 30.5 Å². The molecule has 0 saturated heterocycles. The number of nitrogens with one attached hydrogen (secondary N) is 2. The minimum Gasteiger partial charge on any atom is -0.497 e. The smallest absolute Gasteiger partial charge is 0.255 e. The Morgan fingerprint density at radius 1 is 1.42 bits per heavy atom. The van der Waals surface area contributed by atoms with Gasteiger partial charge in [-0.15, -0.1) is 11.3 Å². The summed E-state index contributed by atoms with van der Waals surface area (Å²) >= 11 is 1.73. The van der Waals surface area contributed by atoms with Crippen molar-refractivity contribution in [3.05, 3.63) is 51.6 Å². The van der Waals surface area contributed by atoms with Crippen LogP contribution in [0.4, 0.5) is 0 Å². The van der Waals surface area contributed by atoms with E-state index in [-0.39, 0.29) is 11.9 Å². The zero-order valence-corrected chi connectivity index (χ0v) is 15.5. The molecule has 26 heavy (non-hydrogen) atoms. The minimum atomic E-state index is -0.139. The second-order valence-electron chi connectivity index (χ2n) is 6.35. The fourth-order valence-corrected chi connectivity index (χ4v) is 4.41. The molecule has 0 bridgehead atoms. The summed E-state index contributed by atoms with van der Waals surface area (Å²) in [6, 6.07) is 7.53. The van der Waals surface area contributed by atoms with E-state index in [9.17, 15) is 4.79 Å². The molecule has 0 fully saturated rings. The van der Waals surface area contributed by atoms with Crippen molar-refractivity contribution in [2.45, 2.75) is 32.2 Å². The van der Waals surface area contributed by atoms with Crippen molar-refractivity contribution >= 4 is 17.2 Å². The number of ether oxygens (including phenoxy) is 1. The third-order valence-electron chi connectivity index (χ3n) is 4.61. The topological polar surface area (TPSA) is 79.9 Å². The summed E-state index contributed by atoms with van der Waals surface area (Å²) in [5, 5.41) is 11.2. The predicted molar refractivity (Wildman–Crippen MR) is 101 cm³/mol. The number of hydrogen-bond acceptors (Lipinski definition) is 5. The number of fused-ring (bicyclic) bond motifs is 1. The molecule has 1 aliphatic rings. The normalized spacial score (nSPS) is 16.2. The number of thiazole rings is 1. The molecule has 0 spiro atoms. The SMILES string of the molecule is COc1cccc(-c2[nH]ncc2C(=O)N[C@H]2CCCc3sc(C)nc32)c1. The Morgan fingerprint density at radius 2 is 2.31 bits per heavy atom. The molecule has 2 N–H and O–H groups in total. The molecule has 1 aromatic carbocycles. The largest absolute Gasteiger partial charge is 0.497 e. The summed E-state index contributed by atoms with van der Waals surface area (Å²) in [5.74, 6) is 0.596. The van der Waals surface area contributed by atoms with Gasteiger partial charge in [0.05, 0.1) is 41.3 Å². The van der Waals surface area contributed by atoms with Gasteiger partial charge in [0.15, 0.2) is 0 Å². The van der Waals surface area contributed by atoms with Crippen molar-refractivity contribution in [3.63, 3.8) is 0 Å². The standard InChI is InChI=1S/C19H20N4O2S/c1-11-21-18-15(7-4-8-16(18)26-11)22-19(24)14-10-20-23-17(14)12-5-3-6-13(9-12)25-2/h3,5-6,9-10,15H,4,7-8H2,1-2H3,(H,20,23)(H,22,24)/t15-/m0/s1. The van der Waals surface area contributed by atoms with Crippen LogP contribution in [-0.2, 0) is 6.42 Å². The number of aromatic nitrogens is 3. The molecule has 1 atom stereocenters. The highest BCUT2D eigenvalue weighted by atomic mass is 32.1. The first-order valence-corrected chi connectivity index (χ1v) is 9.42. The van der Waals surface area contributed by atoms with Crippen LogP contribution >= 0.6 is 11.3 Å². The van der Waals surface area contributed by atoms with Gasteiger partial charge in [0.1, 0.15) is 5.75 Å². The zero-order valence-electron chi connectivity index (χ0n) is 14.7. The molecule has 134 valence electrons. The van der Waals surface area contributed by atoms with E-state index in [0.29, 0.717) is 11.3 Å². The molecule has 3 aromatic rings. The maximum absolute atomic E-state index is 12.9. The lowest BCUT2D eigenvalue weighted by Crippen LogP contribution is -2.31. The van der Waals surface area contributed by atoms with Crippen LogP contribution in [-0.4, -0.2) is 28.2 Å². The Bertz CT molecular complexity index is 947. The van der Waals surface area contributed by atoms with Crippen LogP contribution in [0.25, 0.3) is 11.3 Å². The van der Waals surface area contributed by atoms with Gasteiger partial charge in [-0.3, -0.25) is 9.89 Å². The van der Waals surface area contributed by atoms with Crippen LogP contribution in [0.5, 0.6) is 5.75 Å². The Kier molecular flexibility index (Phi) is 4.46. The summed E-state index contributed by atoms with van der Waals surface area (Å²) in [6.45, 7) is 2.01. The molecule has 7 heteroatoms. The first-order chi connectivity index (χ1) is 12.7. The number of carbonyl (C=O) groups is 1. The van der Waals surface area contributed by atoms with Gasteiger partial charge in [0.2, 0.25) is 0 Å². The third kappa shape index (κ3) is 3.10. The third-order valence-corrected chi connectivity index (χ3v) is 5.66. The second kappa shape index (κ2) is 6.92. The summed E-state index contributed by atoms with van der Waals surface area (Å²) in [7, 11) is 1.62. The van der Waals surface area contributed by atoms with Gasteiger partial charge in [-0.25, -0.2) is 4.98 Å². The first kappa shape index (κ1) is 16.8. The number of amides is 1. The van der Waals surface area contributed by atoms with Crippen molar-refractivity contribution in [2.24, 2.45) is 0 Å². The Hall–Kier alpha value is -2.67. The van der Waals surface area contributed by atoms with Crippen molar-refractivity contribution in [3.8, 4) is 17.0 Å². The number of aryl methyl sites for hydroxylation is 2. The van der Waals surface area contributed by atoms with E-state index in [4.69, 9.17) is 4.74 Å². The van der Waals surface area contributed by atoms with Crippen molar-refractivity contribution in [1.82, 2.24) is 20.5 Å². The number of methoxy groups -OCH3 is 1. The number of rotatable bonds is 4. The molecule has 2 heterocycles. The summed E-state index contributed by atoms with van der Waals surface area (Å²) in [4.78, 5) is 18.8. The molecule has 0 radical (unpaired) electrons. The van der Waals surface area contributed by atoms with Crippen molar-refractivity contribution < 1.29 is 9.53 Å². The number of H-pyrrole nitrogens is 1. The fraction of sp³-hybridized carbons (Fsp3) is 0.316. The lowest BCUT2D eigenvalue weighted by atomic mass is 9.97. The maximum atomic E-state index is 12.9. The molecule has 1 aliphatic carbocycles. The Labute approximate surface area is 155 Å². The van der Waals surface area contributed by atoms with Gasteiger partial charge in [-0.1, -0.05) is 12.1 Å². The summed E-state index contributed by atoms with van der Waals surface area (Å²) in [5.41, 5.74) is 3.10. The lowest BCUT2D eigenvalue weighted by Gasteiger charge is -2.22. The van der Waals surface area contributed by atoms with Gasteiger partial charge >= 0.3 is 0 Å². The average molecular weight is 368 g/mol. The maximum Gasteiger partial charge on any atom is 0.255 e. The molecule has 6 nitrogen and oxygen atoms in total. The predicted octanol–water partition coefficient (Wildman–Crippen LogP) is 3.66. The van der Waals surface area contributed by atoms with Crippen LogP contribution in [0, 0.1) is 6.92 Å². The lowest BCUT2D eigenvalue weighted by molar-refractivity contribution is 0.0932. The minimum absolute atomic E-state index is 0.0377. The van der Waals surface area contributed by atoms with Gasteiger partial charge in [0.25, 0.3) is 5.91 Å². The van der Waals surface area contributed by atoms with E-state index >= 15 is 0 Å². The highest BCUT2D eigenvalue weighted by Gasteiger charge is 2.27. The van der Waals surface area contributed by atoms with Crippen LogP contribution < -0.4 is 10.1 Å². The van der Waals surface area contributed by atoms with Gasteiger partial charge < -0.3 is 10.1 Å². The highest BCUT2D eigenvalue weighted by molar-refractivity contribution is 7.11. The highest BCUT2D eigenvalue weighted by Crippen LogP contribution is 2.33. The van der Waals surface area contributed by atoms with E-state index in [0.717, 1.165) is 41.3 Å². The molecule has 0 saturated carbocycles. The quantitative estimate of drug-likeness (QED) is 0.736. The molecule has 4 rings (SSSR count). The number of hydrogen-bond donors (Lipinski definition) is 2. The van der Waals surface area contributed by atoms with Crippen LogP contribution in [0.1, 0.15) is 44.8 Å². The van der Waals surface area contributed by atoms with Crippen molar-refractivity contribution in [1.29, 1.82) is 0 Å². The van der Waals surface area contributed by atoms with E-state index < -0.39 is 0 Å².